The van der Waals surface area contributed by atoms with Crippen molar-refractivity contribution in [2.75, 3.05) is 0 Å². The van der Waals surface area contributed by atoms with Crippen molar-refractivity contribution in [3.63, 3.8) is 0 Å². The summed E-state index contributed by atoms with van der Waals surface area (Å²) in [6, 6.07) is 0. The fourth-order valence-electron chi connectivity index (χ4n) is 1.35. The Morgan fingerprint density at radius 2 is 2.05 bits per heavy atom. The van der Waals surface area contributed by atoms with Crippen molar-refractivity contribution in [2.45, 2.75) is 13.1 Å². The number of aldehydes is 1. The van der Waals surface area contributed by atoms with Crippen LogP contribution in [-0.4, -0.2) is 21.2 Å². The number of hydrogen-bond acceptors (Lipinski definition) is 5. The number of aryl methyl sites for hydroxylation is 1. The van der Waals surface area contributed by atoms with E-state index in [9.17, 15) is 18.0 Å². The van der Waals surface area contributed by atoms with Crippen molar-refractivity contribution in [1.82, 2.24) is 15.0 Å². The highest BCUT2D eigenvalue weighted by molar-refractivity contribution is 7.15. The highest BCUT2D eigenvalue weighted by Gasteiger charge is 2.35. The van der Waals surface area contributed by atoms with Crippen molar-refractivity contribution < 1.29 is 18.0 Å². The quantitative estimate of drug-likeness (QED) is 0.630. The van der Waals surface area contributed by atoms with Gasteiger partial charge in [0, 0.05) is 6.20 Å². The summed E-state index contributed by atoms with van der Waals surface area (Å²) in [5, 5.41) is -1.11. The maximum atomic E-state index is 12.5. The second kappa shape index (κ2) is 4.86. The minimum absolute atomic E-state index is 0.0513. The summed E-state index contributed by atoms with van der Waals surface area (Å²) in [7, 11) is 0. The van der Waals surface area contributed by atoms with Gasteiger partial charge in [-0.25, -0.2) is 15.0 Å². The zero-order valence-corrected chi connectivity index (χ0v) is 10.9. The molecule has 0 aliphatic carbocycles. The van der Waals surface area contributed by atoms with Crippen LogP contribution in [0.5, 0.6) is 0 Å². The Morgan fingerprint density at radius 1 is 1.37 bits per heavy atom. The van der Waals surface area contributed by atoms with E-state index >= 15 is 0 Å². The molecule has 0 bridgehead atoms. The topological polar surface area (TPSA) is 55.7 Å². The zero-order valence-electron chi connectivity index (χ0n) is 9.32. The van der Waals surface area contributed by atoms with E-state index in [1.807, 2.05) is 0 Å². The first-order valence-electron chi connectivity index (χ1n) is 4.85. The minimum Gasteiger partial charge on any atom is -0.298 e. The zero-order chi connectivity index (χ0) is 14.2. The van der Waals surface area contributed by atoms with Gasteiger partial charge in [0.2, 0.25) is 0 Å². The standard InChI is InChI=1S/C10H5ClF3N3OS/c1-4-16-7(5(3-18)8(11)17-4)6-2-15-9(19-6)10(12,13)14/h2-3H,1H3. The minimum atomic E-state index is -4.53. The van der Waals surface area contributed by atoms with Crippen molar-refractivity contribution in [1.29, 1.82) is 0 Å². The molecule has 0 amide bonds. The third-order valence-electron chi connectivity index (χ3n) is 2.11. The molecule has 9 heteroatoms. The summed E-state index contributed by atoms with van der Waals surface area (Å²) < 4.78 is 37.4. The van der Waals surface area contributed by atoms with Crippen LogP contribution < -0.4 is 0 Å². The van der Waals surface area contributed by atoms with Crippen molar-refractivity contribution in [3.05, 3.63) is 27.7 Å². The van der Waals surface area contributed by atoms with Crippen molar-refractivity contribution in [3.8, 4) is 10.6 Å². The molecule has 0 aromatic carbocycles. The van der Waals surface area contributed by atoms with E-state index in [-0.39, 0.29) is 27.1 Å². The maximum Gasteiger partial charge on any atom is 0.443 e. The van der Waals surface area contributed by atoms with E-state index in [0.717, 1.165) is 6.20 Å². The molecule has 0 fully saturated rings. The van der Waals surface area contributed by atoms with E-state index < -0.39 is 11.2 Å². The van der Waals surface area contributed by atoms with Crippen LogP contribution in [0.3, 0.4) is 0 Å². The number of carbonyl (C=O) groups is 1. The predicted molar refractivity (Wildman–Crippen MR) is 63.3 cm³/mol. The summed E-state index contributed by atoms with van der Waals surface area (Å²) in [6.45, 7) is 1.52. The number of aromatic nitrogens is 3. The van der Waals surface area contributed by atoms with E-state index in [2.05, 4.69) is 15.0 Å². The van der Waals surface area contributed by atoms with Gasteiger partial charge in [0.1, 0.15) is 11.0 Å². The van der Waals surface area contributed by atoms with Crippen LogP contribution in [0.2, 0.25) is 5.15 Å². The Morgan fingerprint density at radius 3 is 2.58 bits per heavy atom. The number of alkyl halides is 3. The lowest BCUT2D eigenvalue weighted by atomic mass is 10.2. The van der Waals surface area contributed by atoms with Crippen molar-refractivity contribution >= 4 is 29.2 Å². The fraction of sp³-hybridized carbons (Fsp3) is 0.200. The molecule has 0 saturated carbocycles. The van der Waals surface area contributed by atoms with E-state index in [1.54, 1.807) is 0 Å². The Bertz CT molecular complexity index is 641. The molecule has 0 unspecified atom stereocenters. The van der Waals surface area contributed by atoms with E-state index in [4.69, 9.17) is 11.6 Å². The molecule has 100 valence electrons. The molecule has 19 heavy (non-hydrogen) atoms. The Labute approximate surface area is 114 Å². The lowest BCUT2D eigenvalue weighted by Gasteiger charge is -2.04. The first-order valence-corrected chi connectivity index (χ1v) is 6.05. The van der Waals surface area contributed by atoms with Gasteiger partial charge in [0.15, 0.2) is 11.3 Å². The highest BCUT2D eigenvalue weighted by Crippen LogP contribution is 2.37. The summed E-state index contributed by atoms with van der Waals surface area (Å²) >= 11 is 6.16. The SMILES string of the molecule is Cc1nc(Cl)c(C=O)c(-c2cnc(C(F)(F)F)s2)n1. The Kier molecular flexibility index (Phi) is 3.55. The second-order valence-corrected chi connectivity index (χ2v) is 4.86. The summed E-state index contributed by atoms with van der Waals surface area (Å²) in [4.78, 5) is 22.0. The number of halogens is 4. The van der Waals surface area contributed by atoms with Gasteiger partial charge in [0.25, 0.3) is 0 Å². The van der Waals surface area contributed by atoms with Crippen LogP contribution in [0.25, 0.3) is 10.6 Å². The predicted octanol–water partition coefficient (Wildman–Crippen LogP) is 3.39. The van der Waals surface area contributed by atoms with E-state index in [1.165, 1.54) is 6.92 Å². The van der Waals surface area contributed by atoms with Crippen LogP contribution in [-0.2, 0) is 6.18 Å². The van der Waals surface area contributed by atoms with Gasteiger partial charge in [-0.1, -0.05) is 11.6 Å². The van der Waals surface area contributed by atoms with Gasteiger partial charge in [-0.2, -0.15) is 13.2 Å². The van der Waals surface area contributed by atoms with Gasteiger partial charge < -0.3 is 0 Å². The van der Waals surface area contributed by atoms with Crippen LogP contribution in [0.15, 0.2) is 6.20 Å². The smallest absolute Gasteiger partial charge is 0.298 e. The summed E-state index contributed by atoms with van der Waals surface area (Å²) in [5.41, 5.74) is 0.00476. The molecule has 0 N–H and O–H groups in total. The molecule has 4 nitrogen and oxygen atoms in total. The molecule has 2 aromatic rings. The van der Waals surface area contributed by atoms with Gasteiger partial charge in [-0.3, -0.25) is 4.79 Å². The van der Waals surface area contributed by atoms with Gasteiger partial charge in [-0.15, -0.1) is 11.3 Å². The first kappa shape index (κ1) is 13.9. The van der Waals surface area contributed by atoms with Gasteiger partial charge in [0.05, 0.1) is 16.1 Å². The normalized spacial score (nSPS) is 11.6. The third kappa shape index (κ3) is 2.74. The number of thiazole rings is 1. The molecule has 0 spiro atoms. The molecule has 0 radical (unpaired) electrons. The molecule has 0 atom stereocenters. The summed E-state index contributed by atoms with van der Waals surface area (Å²) in [5.74, 6) is 0.257. The van der Waals surface area contributed by atoms with Crippen LogP contribution in [0, 0.1) is 6.92 Å². The molecule has 0 aliphatic rings. The van der Waals surface area contributed by atoms with Gasteiger partial charge >= 0.3 is 6.18 Å². The maximum absolute atomic E-state index is 12.5. The lowest BCUT2D eigenvalue weighted by molar-refractivity contribution is -0.137. The molecule has 0 saturated heterocycles. The molecular weight excluding hydrogens is 303 g/mol. The average molecular weight is 308 g/mol. The van der Waals surface area contributed by atoms with Gasteiger partial charge in [-0.05, 0) is 6.92 Å². The molecule has 2 rings (SSSR count). The molecular formula is C10H5ClF3N3OS. The van der Waals surface area contributed by atoms with Crippen LogP contribution in [0.1, 0.15) is 21.2 Å². The molecule has 0 aliphatic heterocycles. The average Bonchev–Trinajstić information content (AvgIpc) is 2.76. The Balaban J connectivity index is 2.59. The van der Waals surface area contributed by atoms with Crippen LogP contribution in [0.4, 0.5) is 13.2 Å². The lowest BCUT2D eigenvalue weighted by Crippen LogP contribution is -2.02. The van der Waals surface area contributed by atoms with E-state index in [0.29, 0.717) is 17.6 Å². The van der Waals surface area contributed by atoms with Crippen LogP contribution >= 0.6 is 22.9 Å². The fourth-order valence-corrected chi connectivity index (χ4v) is 2.40. The Hall–Kier alpha value is -1.54. The monoisotopic (exact) mass is 307 g/mol. The molecule has 2 aromatic heterocycles. The second-order valence-electron chi connectivity index (χ2n) is 3.47. The summed E-state index contributed by atoms with van der Waals surface area (Å²) in [6.07, 6.45) is -3.11. The highest BCUT2D eigenvalue weighted by atomic mass is 35.5. The molecule has 2 heterocycles. The number of carbonyl (C=O) groups excluding carboxylic acids is 1. The largest absolute Gasteiger partial charge is 0.443 e. The first-order chi connectivity index (χ1) is 8.82. The van der Waals surface area contributed by atoms with Crippen molar-refractivity contribution in [2.24, 2.45) is 0 Å². The number of nitrogens with zero attached hydrogens (tertiary/aromatic N) is 3. The number of hydrogen-bond donors (Lipinski definition) is 0. The number of rotatable bonds is 2. The third-order valence-corrected chi connectivity index (χ3v) is 3.45.